The molecule has 0 aromatic rings. The fourth-order valence-corrected chi connectivity index (χ4v) is 1.81. The lowest BCUT2D eigenvalue weighted by Crippen LogP contribution is -2.35. The van der Waals surface area contributed by atoms with Crippen molar-refractivity contribution >= 4 is 17.5 Å². The summed E-state index contributed by atoms with van der Waals surface area (Å²) in [6.45, 7) is 3.79. The van der Waals surface area contributed by atoms with Gasteiger partial charge in [0.1, 0.15) is 5.78 Å². The maximum absolute atomic E-state index is 11.5. The Morgan fingerprint density at radius 1 is 1.47 bits per heavy atom. The zero-order chi connectivity index (χ0) is 11.4. The molecule has 0 aliphatic heterocycles. The lowest BCUT2D eigenvalue weighted by Gasteiger charge is -2.23. The standard InChI is InChI=1S/C11H16O4/c1-3-15-11(14)10(13)8-6-7(2)4-5-9(8)12/h7-8H,3-6H2,1-2H3. The molecule has 0 aromatic heterocycles. The van der Waals surface area contributed by atoms with E-state index in [-0.39, 0.29) is 12.4 Å². The minimum atomic E-state index is -0.870. The highest BCUT2D eigenvalue weighted by Crippen LogP contribution is 2.26. The number of carbonyl (C=O) groups excluding carboxylic acids is 3. The Hall–Kier alpha value is -1.19. The van der Waals surface area contributed by atoms with Crippen LogP contribution in [0.2, 0.25) is 0 Å². The molecule has 0 bridgehead atoms. The molecule has 4 nitrogen and oxygen atoms in total. The molecule has 0 heterocycles. The van der Waals surface area contributed by atoms with E-state index in [2.05, 4.69) is 4.74 Å². The zero-order valence-electron chi connectivity index (χ0n) is 9.12. The van der Waals surface area contributed by atoms with Crippen molar-refractivity contribution < 1.29 is 19.1 Å². The Bertz CT molecular complexity index is 282. The monoisotopic (exact) mass is 212 g/mol. The van der Waals surface area contributed by atoms with Crippen LogP contribution < -0.4 is 0 Å². The predicted molar refractivity (Wildman–Crippen MR) is 53.2 cm³/mol. The molecule has 1 rings (SSSR count). The second-order valence-corrected chi connectivity index (χ2v) is 3.98. The van der Waals surface area contributed by atoms with E-state index in [0.29, 0.717) is 18.8 Å². The average molecular weight is 212 g/mol. The zero-order valence-corrected chi connectivity index (χ0v) is 9.12. The normalized spacial score (nSPS) is 26.1. The highest BCUT2D eigenvalue weighted by molar-refractivity contribution is 6.38. The first kappa shape index (κ1) is 11.9. The van der Waals surface area contributed by atoms with Crippen molar-refractivity contribution in [3.63, 3.8) is 0 Å². The van der Waals surface area contributed by atoms with E-state index in [1.165, 1.54) is 0 Å². The second kappa shape index (κ2) is 5.05. The maximum Gasteiger partial charge on any atom is 0.375 e. The number of ketones is 2. The van der Waals surface area contributed by atoms with Gasteiger partial charge in [-0.05, 0) is 25.7 Å². The number of rotatable bonds is 3. The van der Waals surface area contributed by atoms with E-state index in [1.54, 1.807) is 6.92 Å². The van der Waals surface area contributed by atoms with Crippen LogP contribution in [0.3, 0.4) is 0 Å². The van der Waals surface area contributed by atoms with Crippen molar-refractivity contribution in [3.8, 4) is 0 Å². The van der Waals surface area contributed by atoms with E-state index < -0.39 is 17.7 Å². The van der Waals surface area contributed by atoms with Crippen LogP contribution in [0, 0.1) is 11.8 Å². The van der Waals surface area contributed by atoms with Crippen LogP contribution in [0.4, 0.5) is 0 Å². The second-order valence-electron chi connectivity index (χ2n) is 3.98. The average Bonchev–Trinajstić information content (AvgIpc) is 2.21. The Morgan fingerprint density at radius 2 is 2.13 bits per heavy atom. The van der Waals surface area contributed by atoms with Crippen molar-refractivity contribution in [1.82, 2.24) is 0 Å². The third kappa shape index (κ3) is 2.88. The van der Waals surface area contributed by atoms with E-state index in [9.17, 15) is 14.4 Å². The van der Waals surface area contributed by atoms with Gasteiger partial charge in [-0.15, -0.1) is 0 Å². The van der Waals surface area contributed by atoms with Gasteiger partial charge in [-0.3, -0.25) is 9.59 Å². The summed E-state index contributed by atoms with van der Waals surface area (Å²) in [6.07, 6.45) is 1.69. The molecule has 0 aromatic carbocycles. The smallest absolute Gasteiger partial charge is 0.375 e. The van der Waals surface area contributed by atoms with Crippen molar-refractivity contribution in [3.05, 3.63) is 0 Å². The lowest BCUT2D eigenvalue weighted by molar-refractivity contribution is -0.157. The van der Waals surface area contributed by atoms with Gasteiger partial charge in [-0.1, -0.05) is 6.92 Å². The van der Waals surface area contributed by atoms with Gasteiger partial charge in [0.15, 0.2) is 0 Å². The van der Waals surface area contributed by atoms with Crippen LogP contribution in [-0.2, 0) is 19.1 Å². The summed E-state index contributed by atoms with van der Waals surface area (Å²) in [4.78, 5) is 34.2. The van der Waals surface area contributed by atoms with Crippen molar-refractivity contribution in [2.24, 2.45) is 11.8 Å². The summed E-state index contributed by atoms with van der Waals surface area (Å²) in [5.74, 6) is -2.09. The Balaban J connectivity index is 2.64. The summed E-state index contributed by atoms with van der Waals surface area (Å²) < 4.78 is 4.60. The summed E-state index contributed by atoms with van der Waals surface area (Å²) in [6, 6.07) is 0. The number of hydrogen-bond acceptors (Lipinski definition) is 4. The lowest BCUT2D eigenvalue weighted by atomic mass is 9.79. The van der Waals surface area contributed by atoms with Gasteiger partial charge in [0.05, 0.1) is 12.5 Å². The van der Waals surface area contributed by atoms with Crippen LogP contribution in [0.15, 0.2) is 0 Å². The van der Waals surface area contributed by atoms with Gasteiger partial charge < -0.3 is 4.74 Å². The van der Waals surface area contributed by atoms with E-state index in [1.807, 2.05) is 6.92 Å². The van der Waals surface area contributed by atoms with Crippen molar-refractivity contribution in [2.45, 2.75) is 33.1 Å². The summed E-state index contributed by atoms with van der Waals surface area (Å²) in [7, 11) is 0. The SMILES string of the molecule is CCOC(=O)C(=O)C1CC(C)CCC1=O. The highest BCUT2D eigenvalue weighted by atomic mass is 16.5. The Kier molecular flexibility index (Phi) is 4.00. The quantitative estimate of drug-likeness (QED) is 0.399. The number of ether oxygens (including phenoxy) is 1. The van der Waals surface area contributed by atoms with Gasteiger partial charge in [0.25, 0.3) is 0 Å². The first-order valence-electron chi connectivity index (χ1n) is 5.30. The molecule has 1 saturated carbocycles. The molecule has 1 aliphatic carbocycles. The first-order valence-corrected chi connectivity index (χ1v) is 5.30. The third-order valence-corrected chi connectivity index (χ3v) is 2.70. The molecule has 1 aliphatic rings. The van der Waals surface area contributed by atoms with E-state index in [4.69, 9.17) is 0 Å². The van der Waals surface area contributed by atoms with Crippen molar-refractivity contribution in [2.75, 3.05) is 6.61 Å². The molecule has 84 valence electrons. The summed E-state index contributed by atoms with van der Waals surface area (Å²) >= 11 is 0. The van der Waals surface area contributed by atoms with E-state index >= 15 is 0 Å². The number of hydrogen-bond donors (Lipinski definition) is 0. The van der Waals surface area contributed by atoms with Gasteiger partial charge in [-0.2, -0.15) is 0 Å². The van der Waals surface area contributed by atoms with Crippen LogP contribution in [-0.4, -0.2) is 24.1 Å². The molecule has 15 heavy (non-hydrogen) atoms. The summed E-state index contributed by atoms with van der Waals surface area (Å²) in [5.41, 5.74) is 0. The summed E-state index contributed by atoms with van der Waals surface area (Å²) in [5, 5.41) is 0. The van der Waals surface area contributed by atoms with Crippen LogP contribution in [0.1, 0.15) is 33.1 Å². The van der Waals surface area contributed by atoms with Gasteiger partial charge in [0.2, 0.25) is 5.78 Å². The van der Waals surface area contributed by atoms with Crippen molar-refractivity contribution in [1.29, 1.82) is 0 Å². The maximum atomic E-state index is 11.5. The molecular formula is C11H16O4. The van der Waals surface area contributed by atoms with Gasteiger partial charge >= 0.3 is 5.97 Å². The molecule has 0 saturated heterocycles. The molecule has 0 N–H and O–H groups in total. The largest absolute Gasteiger partial charge is 0.460 e. The van der Waals surface area contributed by atoms with Crippen LogP contribution in [0.5, 0.6) is 0 Å². The van der Waals surface area contributed by atoms with Crippen LogP contribution in [0.25, 0.3) is 0 Å². The Labute approximate surface area is 89.0 Å². The minimum absolute atomic E-state index is 0.119. The molecule has 1 fully saturated rings. The fraction of sp³-hybridized carbons (Fsp3) is 0.727. The molecule has 2 unspecified atom stereocenters. The number of esters is 1. The number of carbonyl (C=O) groups is 3. The van der Waals surface area contributed by atoms with Gasteiger partial charge in [-0.25, -0.2) is 4.79 Å². The molecule has 0 spiro atoms. The molecule has 0 amide bonds. The molecule has 4 heteroatoms. The molecule has 0 radical (unpaired) electrons. The Morgan fingerprint density at radius 3 is 2.73 bits per heavy atom. The minimum Gasteiger partial charge on any atom is -0.460 e. The first-order chi connectivity index (χ1) is 7.06. The highest BCUT2D eigenvalue weighted by Gasteiger charge is 2.36. The fourth-order valence-electron chi connectivity index (χ4n) is 1.81. The molecule has 2 atom stereocenters. The number of Topliss-reactive ketones (excluding diaryl/α,β-unsaturated/α-hetero) is 2. The third-order valence-electron chi connectivity index (χ3n) is 2.70. The predicted octanol–water partition coefficient (Wildman–Crippen LogP) is 1.12. The van der Waals surface area contributed by atoms with Gasteiger partial charge in [0, 0.05) is 6.42 Å². The van der Waals surface area contributed by atoms with E-state index in [0.717, 1.165) is 6.42 Å². The van der Waals surface area contributed by atoms with Crippen LogP contribution >= 0.6 is 0 Å². The topological polar surface area (TPSA) is 60.4 Å². The molecular weight excluding hydrogens is 196 g/mol.